The standard InChI is InChI=1S/C29H52O2/c1-4-5-6-7-8-9-10-11-12-13-14-15-16-17-18-19-20-21-22-23-24-25-26-27-29(30)31-28(2)3/h11-12,19-20,23-24,28H,4-10,13-18,21-22,25-27H2,1-3H3/b12-11+,20-19+,24-23+. The quantitative estimate of drug-likeness (QED) is 0.0966. The van der Waals surface area contributed by atoms with E-state index in [2.05, 4.69) is 43.4 Å². The van der Waals surface area contributed by atoms with Crippen LogP contribution >= 0.6 is 0 Å². The number of hydrogen-bond acceptors (Lipinski definition) is 2. The van der Waals surface area contributed by atoms with Gasteiger partial charge in [0.15, 0.2) is 0 Å². The summed E-state index contributed by atoms with van der Waals surface area (Å²) in [5, 5.41) is 0. The SMILES string of the molecule is CCCCCCCC/C=C/CCCCCC/C=C/CC/C=C/CCCC(=O)OC(C)C. The first-order chi connectivity index (χ1) is 15.2. The summed E-state index contributed by atoms with van der Waals surface area (Å²) in [7, 11) is 0. The molecule has 0 bridgehead atoms. The van der Waals surface area contributed by atoms with Crippen molar-refractivity contribution >= 4 is 5.97 Å². The van der Waals surface area contributed by atoms with Crippen molar-refractivity contribution in [2.45, 2.75) is 142 Å². The molecule has 0 saturated heterocycles. The summed E-state index contributed by atoms with van der Waals surface area (Å²) in [5.41, 5.74) is 0. The van der Waals surface area contributed by atoms with Gasteiger partial charge in [-0.1, -0.05) is 88.3 Å². The van der Waals surface area contributed by atoms with Crippen LogP contribution in [0.25, 0.3) is 0 Å². The number of carbonyl (C=O) groups excluding carboxylic acids is 1. The van der Waals surface area contributed by atoms with Crippen LogP contribution in [0.15, 0.2) is 36.5 Å². The van der Waals surface area contributed by atoms with E-state index in [0.717, 1.165) is 25.7 Å². The van der Waals surface area contributed by atoms with E-state index in [0.29, 0.717) is 6.42 Å². The van der Waals surface area contributed by atoms with E-state index >= 15 is 0 Å². The first kappa shape index (κ1) is 29.7. The number of unbranched alkanes of at least 4 members (excludes halogenated alkanes) is 13. The molecule has 0 aliphatic rings. The zero-order valence-electron chi connectivity index (χ0n) is 21.1. The first-order valence-corrected chi connectivity index (χ1v) is 13.3. The molecule has 0 unspecified atom stereocenters. The second-order valence-corrected chi connectivity index (χ2v) is 8.97. The largest absolute Gasteiger partial charge is 0.463 e. The molecule has 0 amide bonds. The summed E-state index contributed by atoms with van der Waals surface area (Å²) < 4.78 is 5.12. The highest BCUT2D eigenvalue weighted by atomic mass is 16.5. The maximum Gasteiger partial charge on any atom is 0.306 e. The monoisotopic (exact) mass is 432 g/mol. The van der Waals surface area contributed by atoms with Crippen LogP contribution in [0.1, 0.15) is 136 Å². The van der Waals surface area contributed by atoms with Crippen LogP contribution < -0.4 is 0 Å². The Morgan fingerprint density at radius 2 is 0.968 bits per heavy atom. The van der Waals surface area contributed by atoms with Gasteiger partial charge < -0.3 is 4.74 Å². The summed E-state index contributed by atoms with van der Waals surface area (Å²) >= 11 is 0. The number of esters is 1. The smallest absolute Gasteiger partial charge is 0.306 e. The fourth-order valence-electron chi connectivity index (χ4n) is 3.51. The lowest BCUT2D eigenvalue weighted by molar-refractivity contribution is -0.147. The molecule has 0 aromatic rings. The lowest BCUT2D eigenvalue weighted by Gasteiger charge is -2.06. The Hall–Kier alpha value is -1.31. The van der Waals surface area contributed by atoms with Gasteiger partial charge in [-0.25, -0.2) is 0 Å². The number of allylic oxidation sites excluding steroid dienone is 6. The number of carbonyl (C=O) groups is 1. The molecule has 0 spiro atoms. The third-order valence-corrected chi connectivity index (χ3v) is 5.33. The van der Waals surface area contributed by atoms with Crippen LogP contribution in [-0.2, 0) is 9.53 Å². The molecule has 2 heteroatoms. The molecule has 0 heterocycles. The Kier molecular flexibility index (Phi) is 23.9. The number of hydrogen-bond donors (Lipinski definition) is 0. The summed E-state index contributed by atoms with van der Waals surface area (Å²) in [6.07, 6.45) is 36.0. The van der Waals surface area contributed by atoms with Crippen molar-refractivity contribution in [3.05, 3.63) is 36.5 Å². The Morgan fingerprint density at radius 1 is 0.581 bits per heavy atom. The van der Waals surface area contributed by atoms with E-state index in [1.54, 1.807) is 0 Å². The fraction of sp³-hybridized carbons (Fsp3) is 0.759. The van der Waals surface area contributed by atoms with Gasteiger partial charge in [0.2, 0.25) is 0 Å². The second kappa shape index (κ2) is 25.0. The van der Waals surface area contributed by atoms with E-state index in [1.165, 1.54) is 83.5 Å². The summed E-state index contributed by atoms with van der Waals surface area (Å²) in [6, 6.07) is 0. The van der Waals surface area contributed by atoms with Crippen molar-refractivity contribution in [3.8, 4) is 0 Å². The van der Waals surface area contributed by atoms with Crippen molar-refractivity contribution < 1.29 is 9.53 Å². The molecule has 0 atom stereocenters. The van der Waals surface area contributed by atoms with Crippen molar-refractivity contribution in [3.63, 3.8) is 0 Å². The highest BCUT2D eigenvalue weighted by Crippen LogP contribution is 2.10. The molecule has 0 radical (unpaired) electrons. The second-order valence-electron chi connectivity index (χ2n) is 8.97. The van der Waals surface area contributed by atoms with Gasteiger partial charge in [-0.05, 0) is 78.1 Å². The molecular weight excluding hydrogens is 380 g/mol. The molecule has 2 nitrogen and oxygen atoms in total. The zero-order valence-corrected chi connectivity index (χ0v) is 21.1. The average Bonchev–Trinajstić information content (AvgIpc) is 2.73. The van der Waals surface area contributed by atoms with E-state index in [-0.39, 0.29) is 12.1 Å². The van der Waals surface area contributed by atoms with E-state index in [4.69, 9.17) is 4.74 Å². The molecule has 180 valence electrons. The van der Waals surface area contributed by atoms with Gasteiger partial charge in [-0.3, -0.25) is 4.79 Å². The maximum atomic E-state index is 11.4. The molecular formula is C29H52O2. The van der Waals surface area contributed by atoms with E-state index in [1.807, 2.05) is 13.8 Å². The molecule has 0 aromatic heterocycles. The van der Waals surface area contributed by atoms with Gasteiger partial charge in [-0.2, -0.15) is 0 Å². The molecule has 0 aliphatic heterocycles. The molecule has 0 fully saturated rings. The normalized spacial score (nSPS) is 12.1. The molecule has 0 aliphatic carbocycles. The van der Waals surface area contributed by atoms with Gasteiger partial charge in [0.25, 0.3) is 0 Å². The van der Waals surface area contributed by atoms with Crippen molar-refractivity contribution in [1.82, 2.24) is 0 Å². The molecule has 31 heavy (non-hydrogen) atoms. The summed E-state index contributed by atoms with van der Waals surface area (Å²) in [4.78, 5) is 11.4. The van der Waals surface area contributed by atoms with E-state index < -0.39 is 0 Å². The van der Waals surface area contributed by atoms with Crippen LogP contribution in [0.3, 0.4) is 0 Å². The third kappa shape index (κ3) is 26.7. The minimum Gasteiger partial charge on any atom is -0.463 e. The molecule has 0 aromatic carbocycles. The van der Waals surface area contributed by atoms with Crippen molar-refractivity contribution in [2.75, 3.05) is 0 Å². The fourth-order valence-corrected chi connectivity index (χ4v) is 3.51. The highest BCUT2D eigenvalue weighted by molar-refractivity contribution is 5.69. The number of ether oxygens (including phenoxy) is 1. The third-order valence-electron chi connectivity index (χ3n) is 5.33. The van der Waals surface area contributed by atoms with Gasteiger partial charge >= 0.3 is 5.97 Å². The van der Waals surface area contributed by atoms with Gasteiger partial charge in [0.1, 0.15) is 0 Å². The van der Waals surface area contributed by atoms with Crippen molar-refractivity contribution in [2.24, 2.45) is 0 Å². The van der Waals surface area contributed by atoms with Gasteiger partial charge in [-0.15, -0.1) is 0 Å². The average molecular weight is 433 g/mol. The maximum absolute atomic E-state index is 11.4. The Bertz CT molecular complexity index is 459. The topological polar surface area (TPSA) is 26.3 Å². The lowest BCUT2D eigenvalue weighted by Crippen LogP contribution is -2.10. The van der Waals surface area contributed by atoms with Crippen LogP contribution in [0.4, 0.5) is 0 Å². The van der Waals surface area contributed by atoms with Gasteiger partial charge in [0, 0.05) is 6.42 Å². The molecule has 0 N–H and O–H groups in total. The summed E-state index contributed by atoms with van der Waals surface area (Å²) in [5.74, 6) is -0.0775. The Balaban J connectivity index is 3.29. The van der Waals surface area contributed by atoms with Crippen LogP contribution in [0.2, 0.25) is 0 Å². The van der Waals surface area contributed by atoms with E-state index in [9.17, 15) is 4.79 Å². The zero-order chi connectivity index (χ0) is 22.8. The predicted molar refractivity (Wildman–Crippen MR) is 137 cm³/mol. The first-order valence-electron chi connectivity index (χ1n) is 13.3. The Labute approximate surface area is 194 Å². The Morgan fingerprint density at radius 3 is 1.42 bits per heavy atom. The van der Waals surface area contributed by atoms with Crippen LogP contribution in [-0.4, -0.2) is 12.1 Å². The molecule has 0 rings (SSSR count). The number of rotatable bonds is 22. The molecule has 0 saturated carbocycles. The minimum absolute atomic E-state index is 0.00322. The predicted octanol–water partition coefficient (Wildman–Crippen LogP) is 9.65. The van der Waals surface area contributed by atoms with Crippen LogP contribution in [0, 0.1) is 0 Å². The highest BCUT2D eigenvalue weighted by Gasteiger charge is 2.03. The summed E-state index contributed by atoms with van der Waals surface area (Å²) in [6.45, 7) is 6.06. The lowest BCUT2D eigenvalue weighted by atomic mass is 10.1. The van der Waals surface area contributed by atoms with Crippen molar-refractivity contribution in [1.29, 1.82) is 0 Å². The van der Waals surface area contributed by atoms with Gasteiger partial charge in [0.05, 0.1) is 6.10 Å². The minimum atomic E-state index is -0.0775. The van der Waals surface area contributed by atoms with Crippen LogP contribution in [0.5, 0.6) is 0 Å².